The van der Waals surface area contributed by atoms with Crippen molar-refractivity contribution >= 4 is 18.6 Å². The number of fused-ring (bicyclic) bond motifs is 1. The fourth-order valence-electron chi connectivity index (χ4n) is 3.30. The first-order chi connectivity index (χ1) is 13.3. The zero-order valence-corrected chi connectivity index (χ0v) is 14.7. The van der Waals surface area contributed by atoms with Crippen LogP contribution in [0.3, 0.4) is 0 Å². The van der Waals surface area contributed by atoms with Gasteiger partial charge in [-0.05, 0) is 18.1 Å². The molecule has 2 aliphatic rings. The molecule has 4 rings (SSSR count). The molecule has 1 amide bonds. The van der Waals surface area contributed by atoms with E-state index in [0.717, 1.165) is 0 Å². The SMILES string of the molecule is O=C(O)c1c(OC2CN(C(=O)Cc3cn[nH]n3)C2)ccc2c1O[B-](O)(O)CC2. The number of nitrogens with one attached hydrogen (secondary N) is 1. The number of carbonyl (C=O) groups is 2. The van der Waals surface area contributed by atoms with E-state index in [1.807, 2.05) is 0 Å². The highest BCUT2D eigenvalue weighted by molar-refractivity contribution is 6.59. The van der Waals surface area contributed by atoms with Crippen molar-refractivity contribution in [2.45, 2.75) is 25.3 Å². The maximum atomic E-state index is 12.2. The Morgan fingerprint density at radius 2 is 2.14 bits per heavy atom. The summed E-state index contributed by atoms with van der Waals surface area (Å²) in [5.41, 5.74) is 0.857. The number of carboxylic acid groups (broad SMARTS) is 1. The number of carbonyl (C=O) groups excluding carboxylic acids is 1. The summed E-state index contributed by atoms with van der Waals surface area (Å²) in [6.45, 7) is -2.48. The smallest absolute Gasteiger partial charge is 0.430 e. The fourth-order valence-corrected chi connectivity index (χ4v) is 3.30. The predicted molar refractivity (Wildman–Crippen MR) is 93.8 cm³/mol. The molecule has 1 aromatic carbocycles. The molecule has 1 saturated heterocycles. The third-order valence-corrected chi connectivity index (χ3v) is 4.80. The van der Waals surface area contributed by atoms with Crippen molar-refractivity contribution in [3.05, 3.63) is 35.2 Å². The summed E-state index contributed by atoms with van der Waals surface area (Å²) < 4.78 is 10.9. The van der Waals surface area contributed by atoms with Gasteiger partial charge in [0.1, 0.15) is 17.4 Å². The second kappa shape index (κ2) is 6.80. The molecule has 2 aromatic rings. The molecule has 0 saturated carbocycles. The monoisotopic (exact) mass is 389 g/mol. The Balaban J connectivity index is 1.45. The topological polar surface area (TPSA) is 158 Å². The minimum atomic E-state index is -3.09. The van der Waals surface area contributed by atoms with E-state index < -0.39 is 12.7 Å². The van der Waals surface area contributed by atoms with Gasteiger partial charge in [0.2, 0.25) is 5.91 Å². The van der Waals surface area contributed by atoms with Crippen LogP contribution in [-0.2, 0) is 17.6 Å². The number of carboxylic acids is 1. The number of aryl methyl sites for hydroxylation is 1. The number of H-pyrrole nitrogens is 1. The summed E-state index contributed by atoms with van der Waals surface area (Å²) in [5, 5.41) is 39.0. The standard InChI is InChI=1S/C16H18BN4O7/c22-13(5-10-6-18-20-19-10)21-7-11(8-21)27-12-2-1-9-3-4-17(25,26)28-15(9)14(12)16(23)24/h1-2,6,11,25-26H,3-5,7-8H2,(H,23,24)(H,18,19,20)/q-1. The van der Waals surface area contributed by atoms with Crippen LogP contribution >= 0.6 is 0 Å². The number of likely N-dealkylation sites (tertiary alicyclic amines) is 1. The van der Waals surface area contributed by atoms with Crippen LogP contribution in [0.15, 0.2) is 18.3 Å². The third kappa shape index (κ3) is 3.51. The first-order valence-electron chi connectivity index (χ1n) is 8.80. The lowest BCUT2D eigenvalue weighted by molar-refractivity contribution is -0.139. The van der Waals surface area contributed by atoms with Gasteiger partial charge in [-0.15, -0.1) is 0 Å². The second-order valence-electron chi connectivity index (χ2n) is 6.92. The first-order valence-corrected chi connectivity index (χ1v) is 8.80. The average Bonchev–Trinajstić information content (AvgIpc) is 3.08. The second-order valence-corrected chi connectivity index (χ2v) is 6.92. The van der Waals surface area contributed by atoms with Crippen LogP contribution < -0.4 is 9.39 Å². The van der Waals surface area contributed by atoms with Gasteiger partial charge in [0.25, 0.3) is 0 Å². The number of ether oxygens (including phenoxy) is 1. The zero-order chi connectivity index (χ0) is 19.9. The van der Waals surface area contributed by atoms with Crippen LogP contribution in [0.5, 0.6) is 11.5 Å². The van der Waals surface area contributed by atoms with Gasteiger partial charge >= 0.3 is 12.7 Å². The van der Waals surface area contributed by atoms with Crippen LogP contribution in [0, 0.1) is 0 Å². The van der Waals surface area contributed by atoms with E-state index >= 15 is 0 Å². The number of aromatic nitrogens is 3. The van der Waals surface area contributed by atoms with Crippen LogP contribution in [-0.4, -0.2) is 73.3 Å². The van der Waals surface area contributed by atoms with Crippen molar-refractivity contribution in [2.75, 3.05) is 13.1 Å². The number of rotatable bonds is 5. The van der Waals surface area contributed by atoms with Crippen molar-refractivity contribution in [2.24, 2.45) is 0 Å². The summed E-state index contributed by atoms with van der Waals surface area (Å²) in [4.78, 5) is 25.5. The number of aromatic amines is 1. The lowest BCUT2D eigenvalue weighted by Gasteiger charge is -2.40. The molecule has 0 radical (unpaired) electrons. The Morgan fingerprint density at radius 3 is 2.82 bits per heavy atom. The van der Waals surface area contributed by atoms with Crippen molar-refractivity contribution in [3.8, 4) is 11.5 Å². The Kier molecular flexibility index (Phi) is 4.44. The first kappa shape index (κ1) is 18.3. The van der Waals surface area contributed by atoms with Gasteiger partial charge in [0.15, 0.2) is 0 Å². The zero-order valence-electron chi connectivity index (χ0n) is 14.7. The van der Waals surface area contributed by atoms with Crippen LogP contribution in [0.1, 0.15) is 21.6 Å². The molecule has 11 nitrogen and oxygen atoms in total. The molecule has 0 bridgehead atoms. The summed E-state index contributed by atoms with van der Waals surface area (Å²) in [7, 11) is 0. The highest BCUT2D eigenvalue weighted by Gasteiger charge is 2.36. The number of aromatic carboxylic acids is 1. The molecule has 2 aliphatic heterocycles. The summed E-state index contributed by atoms with van der Waals surface area (Å²) in [6.07, 6.45) is 1.50. The Bertz CT molecular complexity index is 912. The molecule has 0 spiro atoms. The number of hydrogen-bond acceptors (Lipinski definition) is 8. The molecular formula is C16H18BN4O7-. The van der Waals surface area contributed by atoms with E-state index in [4.69, 9.17) is 9.39 Å². The number of benzene rings is 1. The van der Waals surface area contributed by atoms with E-state index in [0.29, 0.717) is 24.3 Å². The van der Waals surface area contributed by atoms with Gasteiger partial charge in [0, 0.05) is 0 Å². The average molecular weight is 389 g/mol. The van der Waals surface area contributed by atoms with Crippen LogP contribution in [0.25, 0.3) is 0 Å². The van der Waals surface area contributed by atoms with Gasteiger partial charge in [0.05, 0.1) is 37.2 Å². The highest BCUT2D eigenvalue weighted by Crippen LogP contribution is 2.38. The number of amides is 1. The van der Waals surface area contributed by atoms with E-state index in [2.05, 4.69) is 15.4 Å². The molecule has 1 aromatic heterocycles. The van der Waals surface area contributed by atoms with Crippen molar-refractivity contribution in [1.29, 1.82) is 0 Å². The van der Waals surface area contributed by atoms with Gasteiger partial charge < -0.3 is 29.4 Å². The maximum Gasteiger partial charge on any atom is 0.430 e. The van der Waals surface area contributed by atoms with E-state index in [9.17, 15) is 24.7 Å². The number of hydrogen-bond donors (Lipinski definition) is 4. The normalized spacial score (nSPS) is 18.0. The summed E-state index contributed by atoms with van der Waals surface area (Å²) >= 11 is 0. The van der Waals surface area contributed by atoms with Crippen molar-refractivity contribution in [1.82, 2.24) is 20.3 Å². The maximum absolute atomic E-state index is 12.2. The summed E-state index contributed by atoms with van der Waals surface area (Å²) in [5.74, 6) is -1.44. The Hall–Kier alpha value is -3.12. The lowest BCUT2D eigenvalue weighted by Crippen LogP contribution is -2.56. The third-order valence-electron chi connectivity index (χ3n) is 4.80. The molecule has 148 valence electrons. The fraction of sp³-hybridized carbons (Fsp3) is 0.375. The van der Waals surface area contributed by atoms with E-state index in [-0.39, 0.29) is 48.2 Å². The van der Waals surface area contributed by atoms with Gasteiger partial charge in [-0.2, -0.15) is 15.4 Å². The predicted octanol–water partition coefficient (Wildman–Crippen LogP) is -0.806. The van der Waals surface area contributed by atoms with Gasteiger partial charge in [-0.25, -0.2) is 4.79 Å². The van der Waals surface area contributed by atoms with Crippen LogP contribution in [0.4, 0.5) is 0 Å². The van der Waals surface area contributed by atoms with Crippen LogP contribution in [0.2, 0.25) is 6.32 Å². The lowest BCUT2D eigenvalue weighted by atomic mass is 9.70. The number of nitrogens with zero attached hydrogens (tertiary/aromatic N) is 3. The Morgan fingerprint density at radius 1 is 1.36 bits per heavy atom. The summed E-state index contributed by atoms with van der Waals surface area (Å²) in [6, 6.07) is 3.18. The minimum Gasteiger partial charge on any atom is -0.669 e. The van der Waals surface area contributed by atoms with E-state index in [1.165, 1.54) is 12.3 Å². The molecule has 12 heteroatoms. The molecule has 4 N–H and O–H groups in total. The molecule has 0 aliphatic carbocycles. The van der Waals surface area contributed by atoms with Gasteiger partial charge in [-0.1, -0.05) is 12.4 Å². The Labute approximate surface area is 158 Å². The molecule has 28 heavy (non-hydrogen) atoms. The molecule has 0 unspecified atom stereocenters. The van der Waals surface area contributed by atoms with E-state index in [1.54, 1.807) is 11.0 Å². The van der Waals surface area contributed by atoms with Gasteiger partial charge in [-0.3, -0.25) is 4.79 Å². The molecular weight excluding hydrogens is 371 g/mol. The van der Waals surface area contributed by atoms with Crippen molar-refractivity contribution in [3.63, 3.8) is 0 Å². The highest BCUT2D eigenvalue weighted by atomic mass is 16.6. The molecule has 3 heterocycles. The molecule has 0 atom stereocenters. The largest absolute Gasteiger partial charge is 0.669 e. The molecule has 1 fully saturated rings. The minimum absolute atomic E-state index is 0.00250. The van der Waals surface area contributed by atoms with Crippen molar-refractivity contribution < 1.29 is 34.1 Å². The quantitative estimate of drug-likeness (QED) is 0.480.